The lowest BCUT2D eigenvalue weighted by Gasteiger charge is -2.35. The highest BCUT2D eigenvalue weighted by Crippen LogP contribution is 2.30. The number of piperazine rings is 1. The van der Waals surface area contributed by atoms with Gasteiger partial charge in [0.25, 0.3) is 0 Å². The first kappa shape index (κ1) is 19.5. The van der Waals surface area contributed by atoms with Gasteiger partial charge in [-0.05, 0) is 25.0 Å². The second-order valence-electron chi connectivity index (χ2n) is 6.95. The van der Waals surface area contributed by atoms with E-state index in [9.17, 15) is 4.79 Å². The molecule has 0 bridgehead atoms. The first-order valence-corrected chi connectivity index (χ1v) is 10.8. The SMILES string of the molecule is CCc1cc2c(N3CCN(C(=O)CCCNc4ncccn4)CC3)ncnc2s1. The minimum absolute atomic E-state index is 0.206. The molecule has 1 saturated heterocycles. The predicted octanol–water partition coefficient (Wildman–Crippen LogP) is 2.58. The summed E-state index contributed by atoms with van der Waals surface area (Å²) in [5, 5.41) is 4.27. The van der Waals surface area contributed by atoms with Crippen LogP contribution in [0.15, 0.2) is 30.9 Å². The van der Waals surface area contributed by atoms with Crippen molar-refractivity contribution in [3.8, 4) is 0 Å². The van der Waals surface area contributed by atoms with Gasteiger partial charge < -0.3 is 15.1 Å². The Morgan fingerprint density at radius 3 is 2.69 bits per heavy atom. The zero-order chi connectivity index (χ0) is 20.1. The van der Waals surface area contributed by atoms with Crippen molar-refractivity contribution in [2.45, 2.75) is 26.2 Å². The molecule has 4 heterocycles. The minimum atomic E-state index is 0.206. The largest absolute Gasteiger partial charge is 0.354 e. The zero-order valence-corrected chi connectivity index (χ0v) is 17.4. The van der Waals surface area contributed by atoms with Gasteiger partial charge in [0, 0.05) is 56.4 Å². The van der Waals surface area contributed by atoms with E-state index in [0.29, 0.717) is 18.9 Å². The summed E-state index contributed by atoms with van der Waals surface area (Å²) < 4.78 is 0. The fourth-order valence-corrected chi connectivity index (χ4v) is 4.40. The topological polar surface area (TPSA) is 87.1 Å². The molecule has 9 heteroatoms. The molecule has 0 atom stereocenters. The van der Waals surface area contributed by atoms with E-state index in [2.05, 4.69) is 43.1 Å². The summed E-state index contributed by atoms with van der Waals surface area (Å²) in [6.45, 7) is 5.89. The highest BCUT2D eigenvalue weighted by Gasteiger charge is 2.23. The highest BCUT2D eigenvalue weighted by atomic mass is 32.1. The number of fused-ring (bicyclic) bond motifs is 1. The lowest BCUT2D eigenvalue weighted by molar-refractivity contribution is -0.131. The highest BCUT2D eigenvalue weighted by molar-refractivity contribution is 7.18. The molecule has 0 saturated carbocycles. The number of nitrogens with zero attached hydrogens (tertiary/aromatic N) is 6. The van der Waals surface area contributed by atoms with E-state index in [4.69, 9.17) is 0 Å². The van der Waals surface area contributed by atoms with Crippen molar-refractivity contribution in [1.82, 2.24) is 24.8 Å². The average Bonchev–Trinajstić information content (AvgIpc) is 3.21. The number of aryl methyl sites for hydroxylation is 1. The van der Waals surface area contributed by atoms with Crippen LogP contribution in [0.4, 0.5) is 11.8 Å². The third-order valence-corrected chi connectivity index (χ3v) is 6.24. The maximum absolute atomic E-state index is 12.5. The van der Waals surface area contributed by atoms with Crippen LogP contribution in [-0.2, 0) is 11.2 Å². The zero-order valence-electron chi connectivity index (χ0n) is 16.5. The molecule has 3 aromatic rings. The van der Waals surface area contributed by atoms with E-state index in [1.54, 1.807) is 36.1 Å². The molecular weight excluding hydrogens is 386 g/mol. The fourth-order valence-electron chi connectivity index (χ4n) is 3.48. The Bertz CT molecular complexity index is 954. The Labute approximate surface area is 174 Å². The second-order valence-corrected chi connectivity index (χ2v) is 8.07. The van der Waals surface area contributed by atoms with Crippen molar-refractivity contribution in [3.05, 3.63) is 35.7 Å². The minimum Gasteiger partial charge on any atom is -0.354 e. The number of anilines is 2. The van der Waals surface area contributed by atoms with Crippen molar-refractivity contribution in [2.75, 3.05) is 42.9 Å². The molecule has 1 N–H and O–H groups in total. The molecular formula is C20H25N7OS. The summed E-state index contributed by atoms with van der Waals surface area (Å²) in [5.41, 5.74) is 0. The van der Waals surface area contributed by atoms with Crippen LogP contribution >= 0.6 is 11.3 Å². The van der Waals surface area contributed by atoms with Crippen molar-refractivity contribution in [3.63, 3.8) is 0 Å². The number of rotatable bonds is 7. The maximum atomic E-state index is 12.5. The smallest absolute Gasteiger partial charge is 0.222 e. The van der Waals surface area contributed by atoms with Crippen LogP contribution in [0.25, 0.3) is 10.2 Å². The molecule has 152 valence electrons. The Hall–Kier alpha value is -2.81. The number of amides is 1. The van der Waals surface area contributed by atoms with E-state index in [1.165, 1.54) is 4.88 Å². The quantitative estimate of drug-likeness (QED) is 0.598. The van der Waals surface area contributed by atoms with Crippen LogP contribution < -0.4 is 10.2 Å². The lowest BCUT2D eigenvalue weighted by atomic mass is 10.2. The normalized spacial score (nSPS) is 14.4. The van der Waals surface area contributed by atoms with Crippen LogP contribution in [0.3, 0.4) is 0 Å². The third-order valence-electron chi connectivity index (χ3n) is 5.06. The van der Waals surface area contributed by atoms with Gasteiger partial charge >= 0.3 is 0 Å². The number of nitrogens with one attached hydrogen (secondary N) is 1. The number of thiophene rings is 1. The molecule has 1 fully saturated rings. The van der Waals surface area contributed by atoms with Crippen molar-refractivity contribution in [1.29, 1.82) is 0 Å². The molecule has 4 rings (SSSR count). The molecule has 29 heavy (non-hydrogen) atoms. The monoisotopic (exact) mass is 411 g/mol. The van der Waals surface area contributed by atoms with Crippen LogP contribution in [0, 0.1) is 0 Å². The summed E-state index contributed by atoms with van der Waals surface area (Å²) in [6, 6.07) is 3.98. The van der Waals surface area contributed by atoms with Gasteiger partial charge in [0.05, 0.1) is 5.39 Å². The van der Waals surface area contributed by atoms with Crippen molar-refractivity contribution < 1.29 is 4.79 Å². The van der Waals surface area contributed by atoms with Crippen molar-refractivity contribution >= 4 is 39.2 Å². The van der Waals surface area contributed by atoms with E-state index in [-0.39, 0.29) is 5.91 Å². The summed E-state index contributed by atoms with van der Waals surface area (Å²) in [7, 11) is 0. The molecule has 1 aliphatic heterocycles. The van der Waals surface area contributed by atoms with Gasteiger partial charge in [-0.25, -0.2) is 19.9 Å². The Kier molecular flexibility index (Phi) is 6.14. The van der Waals surface area contributed by atoms with Gasteiger partial charge in [-0.1, -0.05) is 6.92 Å². The number of hydrogen-bond donors (Lipinski definition) is 1. The molecule has 0 radical (unpaired) electrons. The molecule has 0 unspecified atom stereocenters. The lowest BCUT2D eigenvalue weighted by Crippen LogP contribution is -2.49. The van der Waals surface area contributed by atoms with Gasteiger partial charge in [-0.15, -0.1) is 11.3 Å². The summed E-state index contributed by atoms with van der Waals surface area (Å²) in [5.74, 6) is 1.80. The molecule has 0 aromatic carbocycles. The number of hydrogen-bond acceptors (Lipinski definition) is 8. The number of carbonyl (C=O) groups excluding carboxylic acids is 1. The van der Waals surface area contributed by atoms with Gasteiger partial charge in [0.1, 0.15) is 17.0 Å². The maximum Gasteiger partial charge on any atom is 0.222 e. The Morgan fingerprint density at radius 1 is 1.14 bits per heavy atom. The van der Waals surface area contributed by atoms with Gasteiger partial charge in [-0.3, -0.25) is 4.79 Å². The average molecular weight is 412 g/mol. The van der Waals surface area contributed by atoms with E-state index < -0.39 is 0 Å². The molecule has 0 aliphatic carbocycles. The molecule has 0 spiro atoms. The van der Waals surface area contributed by atoms with Crippen LogP contribution in [0.2, 0.25) is 0 Å². The predicted molar refractivity (Wildman–Crippen MR) is 115 cm³/mol. The Balaban J connectivity index is 1.27. The van der Waals surface area contributed by atoms with Crippen molar-refractivity contribution in [2.24, 2.45) is 0 Å². The molecule has 1 aliphatic rings. The van der Waals surface area contributed by atoms with Gasteiger partial charge in [0.2, 0.25) is 11.9 Å². The van der Waals surface area contributed by atoms with E-state index in [0.717, 1.165) is 55.1 Å². The van der Waals surface area contributed by atoms with E-state index >= 15 is 0 Å². The first-order chi connectivity index (χ1) is 14.2. The summed E-state index contributed by atoms with van der Waals surface area (Å²) >= 11 is 1.73. The third kappa shape index (κ3) is 4.61. The number of carbonyl (C=O) groups is 1. The molecule has 3 aromatic heterocycles. The second kappa shape index (κ2) is 9.13. The Morgan fingerprint density at radius 2 is 1.93 bits per heavy atom. The van der Waals surface area contributed by atoms with Gasteiger partial charge in [0.15, 0.2) is 0 Å². The van der Waals surface area contributed by atoms with Crippen LogP contribution in [-0.4, -0.2) is 63.5 Å². The summed E-state index contributed by atoms with van der Waals surface area (Å²) in [4.78, 5) is 36.3. The fraction of sp³-hybridized carbons (Fsp3) is 0.450. The molecule has 8 nitrogen and oxygen atoms in total. The first-order valence-electron chi connectivity index (χ1n) is 10.0. The van der Waals surface area contributed by atoms with E-state index in [1.807, 2.05) is 4.90 Å². The summed E-state index contributed by atoms with van der Waals surface area (Å²) in [6.07, 6.45) is 7.35. The molecule has 1 amide bonds. The van der Waals surface area contributed by atoms with Crippen LogP contribution in [0.1, 0.15) is 24.6 Å². The standard InChI is InChI=1S/C20H25N7OS/c1-2-15-13-16-18(24-14-25-19(16)29-15)27-11-9-26(10-12-27)17(28)5-3-6-21-20-22-7-4-8-23-20/h4,7-8,13-14H,2-3,5-6,9-12H2,1H3,(H,21,22,23). The number of aromatic nitrogens is 4. The van der Waals surface area contributed by atoms with Crippen LogP contribution in [0.5, 0.6) is 0 Å². The van der Waals surface area contributed by atoms with Gasteiger partial charge in [-0.2, -0.15) is 0 Å².